The van der Waals surface area contributed by atoms with Gasteiger partial charge in [0.1, 0.15) is 0 Å². The highest BCUT2D eigenvalue weighted by Crippen LogP contribution is 2.21. The van der Waals surface area contributed by atoms with Gasteiger partial charge in [-0.15, -0.1) is 0 Å². The van der Waals surface area contributed by atoms with Gasteiger partial charge in [-0.1, -0.05) is 0 Å². The average Bonchev–Trinajstić information content (AvgIpc) is 2.89. The minimum atomic E-state index is 0.885. The van der Waals surface area contributed by atoms with Crippen LogP contribution in [0.25, 0.3) is 0 Å². The molecule has 2 saturated heterocycles. The second kappa shape index (κ2) is 6.36. The van der Waals surface area contributed by atoms with Crippen molar-refractivity contribution in [3.8, 4) is 0 Å². The van der Waals surface area contributed by atoms with Gasteiger partial charge in [-0.05, 0) is 77.7 Å². The lowest BCUT2D eigenvalue weighted by molar-refractivity contribution is 0.231. The normalized spacial score (nSPS) is 30.3. The number of hydrogen-bond donors (Lipinski definition) is 1. The minimum absolute atomic E-state index is 0.885. The average molecular weight is 251 g/mol. The Morgan fingerprint density at radius 2 is 1.78 bits per heavy atom. The zero-order valence-electron chi connectivity index (χ0n) is 11.7. The second-order valence-electron chi connectivity index (χ2n) is 6.42. The van der Waals surface area contributed by atoms with Crippen molar-refractivity contribution in [1.29, 1.82) is 0 Å². The van der Waals surface area contributed by atoms with Crippen LogP contribution in [0.2, 0.25) is 0 Å². The summed E-state index contributed by atoms with van der Waals surface area (Å²) in [5, 5.41) is 3.61. The number of rotatable bonds is 7. The van der Waals surface area contributed by atoms with E-state index in [1.54, 1.807) is 0 Å². The number of likely N-dealkylation sites (tertiary alicyclic amines) is 2. The molecule has 0 radical (unpaired) electrons. The molecule has 3 fully saturated rings. The first-order valence-electron chi connectivity index (χ1n) is 8.11. The summed E-state index contributed by atoms with van der Waals surface area (Å²) >= 11 is 0. The molecule has 3 nitrogen and oxygen atoms in total. The predicted octanol–water partition coefficient (Wildman–Crippen LogP) is 1.69. The molecular weight excluding hydrogens is 222 g/mol. The van der Waals surface area contributed by atoms with Crippen molar-refractivity contribution in [3.63, 3.8) is 0 Å². The summed E-state index contributed by atoms with van der Waals surface area (Å²) in [5.74, 6) is 0. The van der Waals surface area contributed by atoms with Crippen molar-refractivity contribution in [2.75, 3.05) is 39.3 Å². The highest BCUT2D eigenvalue weighted by molar-refractivity contribution is 4.85. The van der Waals surface area contributed by atoms with E-state index in [-0.39, 0.29) is 0 Å². The van der Waals surface area contributed by atoms with Crippen LogP contribution in [-0.4, -0.2) is 61.2 Å². The molecule has 1 saturated carbocycles. The summed E-state index contributed by atoms with van der Waals surface area (Å²) in [4.78, 5) is 5.43. The van der Waals surface area contributed by atoms with Gasteiger partial charge in [0.2, 0.25) is 0 Å². The Kier molecular flexibility index (Phi) is 4.55. The van der Waals surface area contributed by atoms with Gasteiger partial charge in [-0.25, -0.2) is 0 Å². The lowest BCUT2D eigenvalue weighted by Gasteiger charge is -2.23. The van der Waals surface area contributed by atoms with Gasteiger partial charge in [-0.3, -0.25) is 4.90 Å². The summed E-state index contributed by atoms with van der Waals surface area (Å²) < 4.78 is 0. The molecule has 1 unspecified atom stereocenters. The van der Waals surface area contributed by atoms with Gasteiger partial charge < -0.3 is 10.2 Å². The fraction of sp³-hybridized carbons (Fsp3) is 1.00. The predicted molar refractivity (Wildman–Crippen MR) is 75.9 cm³/mol. The first-order chi connectivity index (χ1) is 8.92. The van der Waals surface area contributed by atoms with E-state index in [1.807, 2.05) is 0 Å². The summed E-state index contributed by atoms with van der Waals surface area (Å²) in [7, 11) is 0. The highest BCUT2D eigenvalue weighted by Gasteiger charge is 2.28. The molecule has 1 aliphatic carbocycles. The van der Waals surface area contributed by atoms with Crippen LogP contribution in [0.5, 0.6) is 0 Å². The summed E-state index contributed by atoms with van der Waals surface area (Å²) in [6, 6.07) is 1.77. The molecule has 3 rings (SSSR count). The first kappa shape index (κ1) is 12.9. The first-order valence-corrected chi connectivity index (χ1v) is 8.11. The third-order valence-electron chi connectivity index (χ3n) is 4.82. The monoisotopic (exact) mass is 251 g/mol. The largest absolute Gasteiger partial charge is 0.314 e. The molecule has 104 valence electrons. The topological polar surface area (TPSA) is 18.5 Å². The Morgan fingerprint density at radius 3 is 2.56 bits per heavy atom. The molecule has 3 heteroatoms. The molecule has 0 aromatic heterocycles. The summed E-state index contributed by atoms with van der Waals surface area (Å²) in [6.07, 6.45) is 9.87. The third kappa shape index (κ3) is 3.69. The molecule has 18 heavy (non-hydrogen) atoms. The van der Waals surface area contributed by atoms with Crippen molar-refractivity contribution in [3.05, 3.63) is 0 Å². The molecule has 0 aromatic rings. The second-order valence-corrected chi connectivity index (χ2v) is 6.42. The van der Waals surface area contributed by atoms with Gasteiger partial charge in [0.25, 0.3) is 0 Å². The molecule has 3 aliphatic rings. The zero-order chi connectivity index (χ0) is 12.2. The van der Waals surface area contributed by atoms with E-state index < -0.39 is 0 Å². The quantitative estimate of drug-likeness (QED) is 0.695. The van der Waals surface area contributed by atoms with Crippen LogP contribution in [0.1, 0.15) is 44.9 Å². The molecule has 2 heterocycles. The maximum Gasteiger partial charge on any atom is 0.0235 e. The van der Waals surface area contributed by atoms with Gasteiger partial charge in [0.05, 0.1) is 0 Å². The molecule has 0 amide bonds. The van der Waals surface area contributed by atoms with E-state index in [1.165, 1.54) is 84.2 Å². The Hall–Kier alpha value is -0.120. The zero-order valence-corrected chi connectivity index (χ0v) is 11.7. The van der Waals surface area contributed by atoms with Gasteiger partial charge in [-0.2, -0.15) is 0 Å². The summed E-state index contributed by atoms with van der Waals surface area (Å²) in [6.45, 7) is 7.99. The third-order valence-corrected chi connectivity index (χ3v) is 4.82. The van der Waals surface area contributed by atoms with Crippen molar-refractivity contribution in [1.82, 2.24) is 15.1 Å². The van der Waals surface area contributed by atoms with Crippen LogP contribution in [0.15, 0.2) is 0 Å². The van der Waals surface area contributed by atoms with Crippen molar-refractivity contribution in [2.45, 2.75) is 57.0 Å². The van der Waals surface area contributed by atoms with E-state index in [9.17, 15) is 0 Å². The number of nitrogens with zero attached hydrogens (tertiary/aromatic N) is 2. The Morgan fingerprint density at radius 1 is 0.944 bits per heavy atom. The molecule has 0 spiro atoms. The SMILES string of the molecule is C(CCN1CCC(N2CCCC2)C1)CNC1CC1. The maximum absolute atomic E-state index is 3.61. The molecule has 1 N–H and O–H groups in total. The van der Waals surface area contributed by atoms with Gasteiger partial charge >= 0.3 is 0 Å². The Bertz CT molecular complexity index is 246. The molecule has 1 atom stereocenters. The molecule has 0 aromatic carbocycles. The van der Waals surface area contributed by atoms with Crippen LogP contribution >= 0.6 is 0 Å². The Balaban J connectivity index is 1.25. The number of hydrogen-bond acceptors (Lipinski definition) is 3. The standard InChI is InChI=1S/C15H29N3/c1(8-16-14-5-6-14)2-9-17-12-7-15(13-17)18-10-3-4-11-18/h14-16H,1-13H2. The van der Waals surface area contributed by atoms with Crippen LogP contribution in [0.3, 0.4) is 0 Å². The van der Waals surface area contributed by atoms with Crippen LogP contribution in [0, 0.1) is 0 Å². The van der Waals surface area contributed by atoms with Crippen molar-refractivity contribution in [2.24, 2.45) is 0 Å². The lowest BCUT2D eigenvalue weighted by Crippen LogP contribution is -2.35. The van der Waals surface area contributed by atoms with Gasteiger partial charge in [0.15, 0.2) is 0 Å². The van der Waals surface area contributed by atoms with Crippen LogP contribution in [0.4, 0.5) is 0 Å². The van der Waals surface area contributed by atoms with Gasteiger partial charge in [0, 0.05) is 18.6 Å². The molecule has 2 aliphatic heterocycles. The fourth-order valence-electron chi connectivity index (χ4n) is 3.47. The van der Waals surface area contributed by atoms with E-state index in [4.69, 9.17) is 0 Å². The minimum Gasteiger partial charge on any atom is -0.314 e. The molecule has 0 bridgehead atoms. The van der Waals surface area contributed by atoms with Crippen LogP contribution < -0.4 is 5.32 Å². The summed E-state index contributed by atoms with van der Waals surface area (Å²) in [5.41, 5.74) is 0. The van der Waals surface area contributed by atoms with Crippen molar-refractivity contribution < 1.29 is 0 Å². The fourth-order valence-corrected chi connectivity index (χ4v) is 3.47. The molecular formula is C15H29N3. The maximum atomic E-state index is 3.61. The lowest BCUT2D eigenvalue weighted by atomic mass is 10.2. The van der Waals surface area contributed by atoms with E-state index in [2.05, 4.69) is 15.1 Å². The Labute approximate surface area is 112 Å². The smallest absolute Gasteiger partial charge is 0.0235 e. The van der Waals surface area contributed by atoms with E-state index in [0.717, 1.165) is 12.1 Å². The van der Waals surface area contributed by atoms with Crippen molar-refractivity contribution >= 4 is 0 Å². The number of nitrogens with one attached hydrogen (secondary N) is 1. The number of unbranched alkanes of at least 4 members (excludes halogenated alkanes) is 1. The highest BCUT2D eigenvalue weighted by atomic mass is 15.3. The van der Waals surface area contributed by atoms with E-state index >= 15 is 0 Å². The van der Waals surface area contributed by atoms with E-state index in [0.29, 0.717) is 0 Å². The van der Waals surface area contributed by atoms with Crippen LogP contribution in [-0.2, 0) is 0 Å².